The molecule has 3 rings (SSSR count). The van der Waals surface area contributed by atoms with Crippen LogP contribution >= 0.6 is 0 Å². The molecule has 1 aliphatic heterocycles. The molecule has 1 saturated heterocycles. The summed E-state index contributed by atoms with van der Waals surface area (Å²) in [5, 5.41) is 16.2. The van der Waals surface area contributed by atoms with Gasteiger partial charge in [-0.3, -0.25) is 4.79 Å². The van der Waals surface area contributed by atoms with Crippen molar-refractivity contribution < 1.29 is 11.3 Å². The van der Waals surface area contributed by atoms with Gasteiger partial charge in [0.1, 0.15) is 0 Å². The van der Waals surface area contributed by atoms with E-state index in [1.807, 2.05) is 24.3 Å². The summed E-state index contributed by atoms with van der Waals surface area (Å²) in [7, 11) is 0. The lowest BCUT2D eigenvalue weighted by molar-refractivity contribution is -0.143. The fraction of sp³-hybridized carbons (Fsp3) is 0.588. The zero-order chi connectivity index (χ0) is 15.6. The van der Waals surface area contributed by atoms with Crippen LogP contribution in [0.2, 0.25) is 0 Å². The topological polar surface area (TPSA) is 61.4 Å². The van der Waals surface area contributed by atoms with Crippen molar-refractivity contribution in [2.75, 3.05) is 11.9 Å². The summed E-state index contributed by atoms with van der Waals surface area (Å²) in [6.07, 6.45) is 6.15. The fourth-order valence-corrected chi connectivity index (χ4v) is 3.42. The first-order chi connectivity index (χ1) is 10.6. The van der Waals surface area contributed by atoms with Gasteiger partial charge in [-0.2, -0.15) is 0 Å². The number of rotatable bonds is 4. The van der Waals surface area contributed by atoms with Crippen LogP contribution in [0.15, 0.2) is 24.3 Å². The van der Waals surface area contributed by atoms with Crippen molar-refractivity contribution in [3.05, 3.63) is 29.8 Å². The van der Waals surface area contributed by atoms with Crippen LogP contribution < -0.4 is 10.6 Å². The SMILES string of the molecule is [2H][C@]1(C(=O)O)CCCN[C@H]1c1ccc(NC2CCCC2)cc1. The Morgan fingerprint density at radius 1 is 1.19 bits per heavy atom. The van der Waals surface area contributed by atoms with Gasteiger partial charge in [0.15, 0.2) is 0 Å². The molecule has 114 valence electrons. The van der Waals surface area contributed by atoms with Gasteiger partial charge in [0.2, 0.25) is 0 Å². The van der Waals surface area contributed by atoms with Crippen molar-refractivity contribution in [2.24, 2.45) is 5.89 Å². The second-order valence-electron chi connectivity index (χ2n) is 6.07. The number of anilines is 1. The van der Waals surface area contributed by atoms with Gasteiger partial charge < -0.3 is 15.7 Å². The van der Waals surface area contributed by atoms with E-state index >= 15 is 0 Å². The van der Waals surface area contributed by atoms with E-state index in [1.165, 1.54) is 25.7 Å². The van der Waals surface area contributed by atoms with Gasteiger partial charge in [-0.25, -0.2) is 0 Å². The summed E-state index contributed by atoms with van der Waals surface area (Å²) in [6, 6.07) is 8.03. The lowest BCUT2D eigenvalue weighted by Crippen LogP contribution is -2.38. The lowest BCUT2D eigenvalue weighted by Gasteiger charge is -2.30. The highest BCUT2D eigenvalue weighted by Crippen LogP contribution is 2.30. The molecule has 4 heteroatoms. The molecule has 1 saturated carbocycles. The smallest absolute Gasteiger partial charge is 0.308 e. The predicted molar refractivity (Wildman–Crippen MR) is 83.4 cm³/mol. The molecular formula is C17H24N2O2. The molecule has 3 N–H and O–H groups in total. The summed E-state index contributed by atoms with van der Waals surface area (Å²) in [6.45, 7) is 0.765. The molecule has 2 fully saturated rings. The predicted octanol–water partition coefficient (Wildman–Crippen LogP) is 3.17. The normalized spacial score (nSPS) is 30.9. The number of carboxylic acid groups (broad SMARTS) is 1. The van der Waals surface area contributed by atoms with Crippen molar-refractivity contribution in [1.29, 1.82) is 0 Å². The van der Waals surface area contributed by atoms with Gasteiger partial charge in [0.25, 0.3) is 0 Å². The number of benzene rings is 1. The van der Waals surface area contributed by atoms with Crippen LogP contribution in [-0.2, 0) is 4.79 Å². The second-order valence-corrected chi connectivity index (χ2v) is 6.07. The first-order valence-corrected chi connectivity index (χ1v) is 7.93. The average Bonchev–Trinajstić information content (AvgIpc) is 3.01. The third-order valence-electron chi connectivity index (χ3n) is 4.56. The maximum atomic E-state index is 11.5. The van der Waals surface area contributed by atoms with E-state index in [4.69, 9.17) is 1.37 Å². The highest BCUT2D eigenvalue weighted by molar-refractivity contribution is 5.71. The standard InChI is InChI=1S/C17H24N2O2/c20-17(21)15-6-3-11-18-16(15)12-7-9-14(10-8-12)19-13-4-1-2-5-13/h7-10,13,15-16,18-19H,1-6,11H2,(H,20,21)/t15-,16-/m0/s1/i15D. The van der Waals surface area contributed by atoms with Crippen LogP contribution in [0.5, 0.6) is 0 Å². The molecule has 0 unspecified atom stereocenters. The van der Waals surface area contributed by atoms with E-state index < -0.39 is 17.9 Å². The van der Waals surface area contributed by atoms with Crippen LogP contribution in [0.4, 0.5) is 5.69 Å². The van der Waals surface area contributed by atoms with Crippen molar-refractivity contribution in [1.82, 2.24) is 5.32 Å². The number of carboxylic acids is 1. The Balaban J connectivity index is 1.74. The molecule has 1 aliphatic carbocycles. The Kier molecular flexibility index (Phi) is 4.05. The minimum absolute atomic E-state index is 0.391. The molecular weight excluding hydrogens is 264 g/mol. The summed E-state index contributed by atoms with van der Waals surface area (Å²) in [4.78, 5) is 11.5. The highest BCUT2D eigenvalue weighted by atomic mass is 16.4. The van der Waals surface area contributed by atoms with E-state index in [0.717, 1.165) is 24.2 Å². The number of hydrogen-bond donors (Lipinski definition) is 3. The molecule has 0 bridgehead atoms. The first kappa shape index (κ1) is 13.1. The van der Waals surface area contributed by atoms with Crippen LogP contribution in [0.3, 0.4) is 0 Å². The van der Waals surface area contributed by atoms with Gasteiger partial charge in [-0.05, 0) is 49.9 Å². The largest absolute Gasteiger partial charge is 0.481 e. The van der Waals surface area contributed by atoms with Crippen LogP contribution in [-0.4, -0.2) is 23.7 Å². The molecule has 0 spiro atoms. The molecule has 0 amide bonds. The molecule has 1 heterocycles. The summed E-state index contributed by atoms with van der Waals surface area (Å²) in [5.41, 5.74) is 1.96. The Bertz CT molecular complexity index is 528. The van der Waals surface area contributed by atoms with Crippen molar-refractivity contribution in [3.63, 3.8) is 0 Å². The number of carbonyl (C=O) groups is 1. The minimum atomic E-state index is -1.47. The fourth-order valence-electron chi connectivity index (χ4n) is 3.42. The molecule has 2 aliphatic rings. The van der Waals surface area contributed by atoms with E-state index in [9.17, 15) is 9.90 Å². The van der Waals surface area contributed by atoms with Gasteiger partial charge >= 0.3 is 5.97 Å². The Labute approximate surface area is 127 Å². The quantitative estimate of drug-likeness (QED) is 0.797. The lowest BCUT2D eigenvalue weighted by atomic mass is 9.86. The molecule has 1 aromatic rings. The molecule has 0 aromatic heterocycles. The Morgan fingerprint density at radius 2 is 1.90 bits per heavy atom. The third kappa shape index (κ3) is 3.38. The molecule has 21 heavy (non-hydrogen) atoms. The molecule has 2 atom stereocenters. The van der Waals surface area contributed by atoms with Crippen LogP contribution in [0.25, 0.3) is 0 Å². The zero-order valence-corrected chi connectivity index (χ0v) is 12.3. The van der Waals surface area contributed by atoms with Crippen molar-refractivity contribution in [2.45, 2.75) is 50.6 Å². The van der Waals surface area contributed by atoms with Gasteiger partial charge in [0, 0.05) is 19.1 Å². The summed E-state index contributed by atoms with van der Waals surface area (Å²) in [5.74, 6) is -2.52. The molecule has 0 radical (unpaired) electrons. The highest BCUT2D eigenvalue weighted by Gasteiger charge is 2.31. The average molecular weight is 289 g/mol. The van der Waals surface area contributed by atoms with Crippen LogP contribution in [0, 0.1) is 5.89 Å². The van der Waals surface area contributed by atoms with E-state index in [0.29, 0.717) is 12.5 Å². The van der Waals surface area contributed by atoms with Crippen molar-refractivity contribution in [3.8, 4) is 0 Å². The summed E-state index contributed by atoms with van der Waals surface area (Å²) < 4.78 is 8.33. The van der Waals surface area contributed by atoms with Gasteiger partial charge in [-0.1, -0.05) is 25.0 Å². The number of piperidine rings is 1. The molecule has 1 aromatic carbocycles. The summed E-state index contributed by atoms with van der Waals surface area (Å²) >= 11 is 0. The maximum absolute atomic E-state index is 11.5. The van der Waals surface area contributed by atoms with E-state index in [2.05, 4.69) is 10.6 Å². The second kappa shape index (κ2) is 6.48. The third-order valence-corrected chi connectivity index (χ3v) is 4.56. The number of nitrogens with one attached hydrogen (secondary N) is 2. The monoisotopic (exact) mass is 289 g/mol. The number of hydrogen-bond acceptors (Lipinski definition) is 3. The van der Waals surface area contributed by atoms with Crippen LogP contribution in [0.1, 0.15) is 51.5 Å². The van der Waals surface area contributed by atoms with Gasteiger partial charge in [-0.15, -0.1) is 0 Å². The van der Waals surface area contributed by atoms with E-state index in [1.54, 1.807) is 0 Å². The Hall–Kier alpha value is -1.55. The number of aliphatic carboxylic acids is 1. The van der Waals surface area contributed by atoms with Crippen molar-refractivity contribution >= 4 is 11.7 Å². The van der Waals surface area contributed by atoms with Gasteiger partial charge in [0.05, 0.1) is 5.89 Å². The maximum Gasteiger partial charge on any atom is 0.308 e. The van der Waals surface area contributed by atoms with E-state index in [-0.39, 0.29) is 0 Å². The Morgan fingerprint density at radius 3 is 2.57 bits per heavy atom. The first-order valence-electron chi connectivity index (χ1n) is 8.43. The zero-order valence-electron chi connectivity index (χ0n) is 13.3. The minimum Gasteiger partial charge on any atom is -0.481 e. The molecule has 4 nitrogen and oxygen atoms in total.